The Balaban J connectivity index is 1.50. The van der Waals surface area contributed by atoms with E-state index in [2.05, 4.69) is 48.1 Å². The number of rotatable bonds is 6. The monoisotopic (exact) mass is 359 g/mol. The lowest BCUT2D eigenvalue weighted by atomic mass is 10.1. The molecule has 9 nitrogen and oxygen atoms in total. The van der Waals surface area contributed by atoms with Crippen molar-refractivity contribution in [2.45, 2.75) is 25.8 Å². The van der Waals surface area contributed by atoms with Crippen LogP contribution >= 0.6 is 11.3 Å². The van der Waals surface area contributed by atoms with Crippen LogP contribution in [0.5, 0.6) is 0 Å². The summed E-state index contributed by atoms with van der Waals surface area (Å²) < 4.78 is 0. The van der Waals surface area contributed by atoms with Crippen LogP contribution in [0, 0.1) is 0 Å². The Kier molecular flexibility index (Phi) is 5.19. The van der Waals surface area contributed by atoms with Crippen LogP contribution in [0.2, 0.25) is 0 Å². The maximum atomic E-state index is 12.0. The number of nitrogens with zero attached hydrogens (tertiary/aromatic N) is 3. The lowest BCUT2D eigenvalue weighted by Crippen LogP contribution is -2.31. The number of H-pyrrole nitrogens is 2. The van der Waals surface area contributed by atoms with Gasteiger partial charge in [0.1, 0.15) is 5.01 Å². The summed E-state index contributed by atoms with van der Waals surface area (Å²) in [5.41, 5.74) is 0.808. The molecule has 1 atom stereocenters. The molecule has 2 amide bonds. The first-order valence-electron chi connectivity index (χ1n) is 7.68. The lowest BCUT2D eigenvalue weighted by Gasteiger charge is -2.10. The Labute approximate surface area is 146 Å². The molecule has 10 heteroatoms. The van der Waals surface area contributed by atoms with Gasteiger partial charge in [0.2, 0.25) is 5.13 Å². The number of benzene rings is 1. The summed E-state index contributed by atoms with van der Waals surface area (Å²) in [5, 5.41) is 20.6. The van der Waals surface area contributed by atoms with Crippen LogP contribution in [0.3, 0.4) is 0 Å². The zero-order valence-electron chi connectivity index (χ0n) is 13.4. The van der Waals surface area contributed by atoms with Gasteiger partial charge in [-0.1, -0.05) is 41.7 Å². The van der Waals surface area contributed by atoms with Gasteiger partial charge in [-0.25, -0.2) is 14.7 Å². The second-order valence-electron chi connectivity index (χ2n) is 5.37. The average Bonchev–Trinajstić information content (AvgIpc) is 3.23. The van der Waals surface area contributed by atoms with E-state index in [-0.39, 0.29) is 0 Å². The summed E-state index contributed by atoms with van der Waals surface area (Å²) in [4.78, 5) is 25.5. The van der Waals surface area contributed by atoms with E-state index in [4.69, 9.17) is 0 Å². The number of urea groups is 1. The number of anilines is 1. The Bertz CT molecular complexity index is 886. The molecule has 2 aromatic heterocycles. The molecule has 0 bridgehead atoms. The molecule has 0 aliphatic carbocycles. The smallest absolute Gasteiger partial charge is 0.328 e. The Morgan fingerprint density at radius 1 is 1.24 bits per heavy atom. The van der Waals surface area contributed by atoms with Gasteiger partial charge >= 0.3 is 11.7 Å². The largest absolute Gasteiger partial charge is 0.340 e. The van der Waals surface area contributed by atoms with Crippen molar-refractivity contribution in [3.63, 3.8) is 0 Å². The predicted molar refractivity (Wildman–Crippen MR) is 93.5 cm³/mol. The zero-order chi connectivity index (χ0) is 17.6. The third kappa shape index (κ3) is 4.73. The van der Waals surface area contributed by atoms with Crippen LogP contribution in [0.25, 0.3) is 0 Å². The van der Waals surface area contributed by atoms with E-state index >= 15 is 0 Å². The van der Waals surface area contributed by atoms with Crippen LogP contribution in [0.15, 0.2) is 35.1 Å². The number of amides is 2. The number of hydrogen-bond acceptors (Lipinski definition) is 6. The van der Waals surface area contributed by atoms with Gasteiger partial charge in [-0.15, -0.1) is 10.2 Å². The van der Waals surface area contributed by atoms with E-state index < -0.39 is 17.8 Å². The fraction of sp³-hybridized carbons (Fsp3) is 0.267. The van der Waals surface area contributed by atoms with Crippen molar-refractivity contribution >= 4 is 22.5 Å². The first-order valence-corrected chi connectivity index (χ1v) is 8.50. The fourth-order valence-electron chi connectivity index (χ4n) is 2.19. The minimum Gasteiger partial charge on any atom is -0.328 e. The third-order valence-electron chi connectivity index (χ3n) is 3.43. The van der Waals surface area contributed by atoms with E-state index in [9.17, 15) is 9.59 Å². The van der Waals surface area contributed by atoms with Gasteiger partial charge < -0.3 is 5.32 Å². The molecule has 25 heavy (non-hydrogen) atoms. The molecule has 0 aliphatic heterocycles. The molecule has 0 saturated heterocycles. The number of aryl methyl sites for hydroxylation is 2. The van der Waals surface area contributed by atoms with Gasteiger partial charge in [0, 0.05) is 6.42 Å². The van der Waals surface area contributed by atoms with Crippen LogP contribution in [-0.4, -0.2) is 31.4 Å². The number of hydrogen-bond donors (Lipinski definition) is 4. The number of aromatic amines is 2. The number of carbonyl (C=O) groups is 1. The van der Waals surface area contributed by atoms with E-state index in [0.29, 0.717) is 11.0 Å². The molecular weight excluding hydrogens is 342 g/mol. The highest BCUT2D eigenvalue weighted by Gasteiger charge is 2.14. The van der Waals surface area contributed by atoms with Crippen LogP contribution in [0.4, 0.5) is 9.93 Å². The minimum absolute atomic E-state index is 0.348. The number of aromatic nitrogens is 5. The van der Waals surface area contributed by atoms with Crippen molar-refractivity contribution in [2.75, 3.05) is 5.32 Å². The molecule has 1 aromatic carbocycles. The normalized spacial score (nSPS) is 11.9. The molecule has 2 heterocycles. The molecule has 130 valence electrons. The van der Waals surface area contributed by atoms with E-state index in [1.165, 1.54) is 16.9 Å². The molecule has 0 radical (unpaired) electrons. The minimum atomic E-state index is -0.454. The van der Waals surface area contributed by atoms with Crippen molar-refractivity contribution in [1.29, 1.82) is 0 Å². The van der Waals surface area contributed by atoms with Crippen LogP contribution in [0.1, 0.15) is 29.4 Å². The van der Waals surface area contributed by atoms with Gasteiger partial charge in [-0.2, -0.15) is 5.10 Å². The Hall–Kier alpha value is -3.01. The summed E-state index contributed by atoms with van der Waals surface area (Å²) in [7, 11) is 0. The Morgan fingerprint density at radius 3 is 2.76 bits per heavy atom. The standard InChI is InChI=1S/C15H17N7O2S/c1-9(12-17-14(24)21-20-12)16-13(23)18-15-22-19-11(25-15)8-7-10-5-3-2-4-6-10/h2-6,9H,7-8H2,1H3,(H2,16,18,22,23)(H2,17,20,21,24). The summed E-state index contributed by atoms with van der Waals surface area (Å²) in [6.07, 6.45) is 1.63. The van der Waals surface area contributed by atoms with Crippen molar-refractivity contribution in [3.05, 3.63) is 57.2 Å². The molecule has 0 saturated carbocycles. The number of carbonyl (C=O) groups excluding carboxylic acids is 1. The van der Waals surface area contributed by atoms with Gasteiger partial charge in [-0.05, 0) is 18.9 Å². The molecule has 0 fully saturated rings. The molecule has 1 unspecified atom stereocenters. The molecule has 3 rings (SSSR count). The van der Waals surface area contributed by atoms with Gasteiger partial charge in [0.25, 0.3) is 0 Å². The lowest BCUT2D eigenvalue weighted by molar-refractivity contribution is 0.249. The predicted octanol–water partition coefficient (Wildman–Crippen LogP) is 1.62. The SMILES string of the molecule is CC(NC(=O)Nc1nnc(CCc2ccccc2)s1)c1n[nH]c(=O)[nH]1. The first-order chi connectivity index (χ1) is 12.1. The second kappa shape index (κ2) is 7.71. The summed E-state index contributed by atoms with van der Waals surface area (Å²) >= 11 is 1.33. The van der Waals surface area contributed by atoms with Crippen LogP contribution < -0.4 is 16.3 Å². The average molecular weight is 359 g/mol. The van der Waals surface area contributed by atoms with Crippen LogP contribution in [-0.2, 0) is 12.8 Å². The highest BCUT2D eigenvalue weighted by molar-refractivity contribution is 7.15. The van der Waals surface area contributed by atoms with E-state index in [0.717, 1.165) is 17.8 Å². The maximum Gasteiger partial charge on any atom is 0.340 e. The van der Waals surface area contributed by atoms with E-state index in [1.807, 2.05) is 18.2 Å². The van der Waals surface area contributed by atoms with E-state index in [1.54, 1.807) is 6.92 Å². The molecule has 0 aliphatic rings. The second-order valence-corrected chi connectivity index (χ2v) is 6.43. The zero-order valence-corrected chi connectivity index (χ0v) is 14.3. The third-order valence-corrected chi connectivity index (χ3v) is 4.33. The molecule has 4 N–H and O–H groups in total. The topological polar surface area (TPSA) is 128 Å². The summed E-state index contributed by atoms with van der Waals surface area (Å²) in [6, 6.07) is 9.21. The number of nitrogens with one attached hydrogen (secondary N) is 4. The van der Waals surface area contributed by atoms with Crippen molar-refractivity contribution in [3.8, 4) is 0 Å². The van der Waals surface area contributed by atoms with Gasteiger partial charge in [0.05, 0.1) is 6.04 Å². The molecule has 3 aromatic rings. The van der Waals surface area contributed by atoms with Gasteiger partial charge in [-0.3, -0.25) is 10.3 Å². The van der Waals surface area contributed by atoms with Crippen molar-refractivity contribution < 1.29 is 4.79 Å². The molecule has 0 spiro atoms. The highest BCUT2D eigenvalue weighted by Crippen LogP contribution is 2.17. The quantitative estimate of drug-likeness (QED) is 0.531. The summed E-state index contributed by atoms with van der Waals surface area (Å²) in [5.74, 6) is 0.348. The molecular formula is C15H17N7O2S. The maximum absolute atomic E-state index is 12.0. The van der Waals surface area contributed by atoms with Crippen molar-refractivity contribution in [2.24, 2.45) is 0 Å². The fourth-order valence-corrected chi connectivity index (χ4v) is 2.92. The Morgan fingerprint density at radius 2 is 2.04 bits per heavy atom. The van der Waals surface area contributed by atoms with Gasteiger partial charge in [0.15, 0.2) is 5.82 Å². The van der Waals surface area contributed by atoms with Crippen molar-refractivity contribution in [1.82, 2.24) is 30.7 Å². The summed E-state index contributed by atoms with van der Waals surface area (Å²) in [6.45, 7) is 1.71. The highest BCUT2D eigenvalue weighted by atomic mass is 32.1. The first kappa shape index (κ1) is 16.8.